The molecule has 0 saturated heterocycles. The summed E-state index contributed by atoms with van der Waals surface area (Å²) < 4.78 is 37.0. The zero-order valence-electron chi connectivity index (χ0n) is 15.7. The fraction of sp³-hybridized carbons (Fsp3) is 0.316. The lowest BCUT2D eigenvalue weighted by atomic mass is 10.2. The first-order chi connectivity index (χ1) is 13.2. The van der Waals surface area contributed by atoms with Gasteiger partial charge in [-0.25, -0.2) is 8.42 Å². The van der Waals surface area contributed by atoms with Crippen molar-refractivity contribution < 1.29 is 22.7 Å². The topological polar surface area (TPSA) is 84.9 Å². The quantitative estimate of drug-likeness (QED) is 0.796. The van der Waals surface area contributed by atoms with Gasteiger partial charge in [0.25, 0.3) is 0 Å². The lowest BCUT2D eigenvalue weighted by Crippen LogP contribution is -2.45. The minimum Gasteiger partial charge on any atom is -0.486 e. The van der Waals surface area contributed by atoms with E-state index in [1.807, 2.05) is 0 Å². The molecule has 7 nitrogen and oxygen atoms in total. The maximum Gasteiger partial charge on any atom is 0.248 e. The highest BCUT2D eigenvalue weighted by molar-refractivity contribution is 7.92. The minimum atomic E-state index is -3.74. The number of aryl methyl sites for hydroxylation is 1. The predicted molar refractivity (Wildman–Crippen MR) is 109 cm³/mol. The first-order valence-corrected chi connectivity index (χ1v) is 10.9. The van der Waals surface area contributed by atoms with Crippen LogP contribution in [0.5, 0.6) is 11.5 Å². The Hall–Kier alpha value is -2.45. The first-order valence-electron chi connectivity index (χ1n) is 8.63. The van der Waals surface area contributed by atoms with Crippen molar-refractivity contribution in [3.63, 3.8) is 0 Å². The molecule has 0 aliphatic carbocycles. The molecule has 1 aliphatic rings. The van der Waals surface area contributed by atoms with Gasteiger partial charge in [0.15, 0.2) is 11.5 Å². The summed E-state index contributed by atoms with van der Waals surface area (Å²) in [5.74, 6) is 0.515. The fourth-order valence-corrected chi connectivity index (χ4v) is 4.38. The minimum absolute atomic E-state index is 0.322. The van der Waals surface area contributed by atoms with Gasteiger partial charge in [0.2, 0.25) is 15.9 Å². The highest BCUT2D eigenvalue weighted by Gasteiger charge is 2.30. The molecule has 9 heteroatoms. The number of sulfonamides is 1. The number of nitrogens with one attached hydrogen (secondary N) is 1. The first kappa shape index (κ1) is 20.3. The molecular weight excluding hydrogens is 404 g/mol. The molecule has 0 bridgehead atoms. The van der Waals surface area contributed by atoms with Crippen LogP contribution in [0.2, 0.25) is 5.02 Å². The standard InChI is InChI=1S/C19H21ClN2O5S/c1-12-10-14(20)4-6-16(12)21-19(23)13(2)22(28(3,24)25)15-5-7-17-18(11-15)27-9-8-26-17/h4-7,10-11,13H,8-9H2,1-3H3,(H,21,23)/t13-/m0/s1. The van der Waals surface area contributed by atoms with Gasteiger partial charge in [0.1, 0.15) is 19.3 Å². The molecule has 0 saturated carbocycles. The molecule has 0 radical (unpaired) electrons. The molecule has 0 fully saturated rings. The van der Waals surface area contributed by atoms with Crippen molar-refractivity contribution in [3.8, 4) is 11.5 Å². The number of hydrogen-bond acceptors (Lipinski definition) is 5. The van der Waals surface area contributed by atoms with E-state index in [0.717, 1.165) is 16.1 Å². The normalized spacial score (nSPS) is 14.3. The molecule has 1 amide bonds. The Labute approximate surface area is 169 Å². The number of benzene rings is 2. The van der Waals surface area contributed by atoms with Gasteiger partial charge >= 0.3 is 0 Å². The number of halogens is 1. The van der Waals surface area contributed by atoms with Gasteiger partial charge in [0, 0.05) is 16.8 Å². The van der Waals surface area contributed by atoms with E-state index < -0.39 is 22.0 Å². The Morgan fingerprint density at radius 1 is 1.14 bits per heavy atom. The van der Waals surface area contributed by atoms with Crippen molar-refractivity contribution in [1.82, 2.24) is 0 Å². The van der Waals surface area contributed by atoms with Gasteiger partial charge in [-0.1, -0.05) is 11.6 Å². The van der Waals surface area contributed by atoms with Gasteiger partial charge in [-0.2, -0.15) is 0 Å². The maximum atomic E-state index is 12.8. The Bertz CT molecular complexity index is 1010. The summed E-state index contributed by atoms with van der Waals surface area (Å²) in [5, 5.41) is 3.32. The number of carbonyl (C=O) groups excluding carboxylic acids is 1. The Kier molecular flexibility index (Phi) is 5.71. The van der Waals surface area contributed by atoms with Crippen LogP contribution in [-0.2, 0) is 14.8 Å². The smallest absolute Gasteiger partial charge is 0.248 e. The molecule has 0 aromatic heterocycles. The summed E-state index contributed by atoms with van der Waals surface area (Å²) in [6, 6.07) is 8.85. The molecule has 1 atom stereocenters. The average molecular weight is 425 g/mol. The molecule has 1 aliphatic heterocycles. The largest absolute Gasteiger partial charge is 0.486 e. The number of anilines is 2. The zero-order valence-corrected chi connectivity index (χ0v) is 17.3. The van der Waals surface area contributed by atoms with Crippen molar-refractivity contribution in [2.75, 3.05) is 29.1 Å². The van der Waals surface area contributed by atoms with Crippen molar-refractivity contribution >= 4 is 38.9 Å². The van der Waals surface area contributed by atoms with Crippen LogP contribution < -0.4 is 19.1 Å². The molecule has 0 spiro atoms. The number of amides is 1. The van der Waals surface area contributed by atoms with E-state index in [-0.39, 0.29) is 0 Å². The monoisotopic (exact) mass is 424 g/mol. The fourth-order valence-electron chi connectivity index (χ4n) is 2.98. The van der Waals surface area contributed by atoms with Crippen LogP contribution in [-0.4, -0.2) is 39.8 Å². The summed E-state index contributed by atoms with van der Waals surface area (Å²) in [4.78, 5) is 12.8. The molecule has 2 aromatic rings. The van der Waals surface area contributed by atoms with Crippen LogP contribution in [0.3, 0.4) is 0 Å². The molecular formula is C19H21ClN2O5S. The summed E-state index contributed by atoms with van der Waals surface area (Å²) >= 11 is 5.94. The van der Waals surface area contributed by atoms with Gasteiger partial charge in [-0.05, 0) is 49.7 Å². The van der Waals surface area contributed by atoms with Gasteiger partial charge < -0.3 is 14.8 Å². The maximum absolute atomic E-state index is 12.8. The molecule has 1 heterocycles. The second-order valence-corrected chi connectivity index (χ2v) is 8.81. The summed E-state index contributed by atoms with van der Waals surface area (Å²) in [5.41, 5.74) is 1.66. The van der Waals surface area contributed by atoms with Crippen molar-refractivity contribution in [3.05, 3.63) is 47.0 Å². The molecule has 2 aromatic carbocycles. The van der Waals surface area contributed by atoms with E-state index in [1.165, 1.54) is 6.92 Å². The van der Waals surface area contributed by atoms with E-state index in [4.69, 9.17) is 21.1 Å². The number of carbonyl (C=O) groups is 1. The SMILES string of the molecule is Cc1cc(Cl)ccc1NC(=O)[C@H](C)N(c1ccc2c(c1)OCCO2)S(C)(=O)=O. The van der Waals surface area contributed by atoms with Crippen LogP contribution in [0.25, 0.3) is 0 Å². The zero-order chi connectivity index (χ0) is 20.5. The lowest BCUT2D eigenvalue weighted by Gasteiger charge is -2.29. The van der Waals surface area contributed by atoms with Crippen LogP contribution in [0, 0.1) is 6.92 Å². The van der Waals surface area contributed by atoms with Crippen LogP contribution >= 0.6 is 11.6 Å². The van der Waals surface area contributed by atoms with Gasteiger partial charge in [-0.15, -0.1) is 0 Å². The molecule has 0 unspecified atom stereocenters. The summed E-state index contributed by atoms with van der Waals surface area (Å²) in [7, 11) is -3.74. The van der Waals surface area contributed by atoms with Crippen molar-refractivity contribution in [1.29, 1.82) is 0 Å². The van der Waals surface area contributed by atoms with Crippen LogP contribution in [0.1, 0.15) is 12.5 Å². The second-order valence-electron chi connectivity index (χ2n) is 6.51. The number of fused-ring (bicyclic) bond motifs is 1. The third kappa shape index (κ3) is 4.34. The Balaban J connectivity index is 1.90. The number of nitrogens with zero attached hydrogens (tertiary/aromatic N) is 1. The molecule has 1 N–H and O–H groups in total. The lowest BCUT2D eigenvalue weighted by molar-refractivity contribution is -0.116. The van der Waals surface area contributed by atoms with E-state index in [0.29, 0.717) is 41.1 Å². The van der Waals surface area contributed by atoms with Crippen LogP contribution in [0.4, 0.5) is 11.4 Å². The van der Waals surface area contributed by atoms with Gasteiger partial charge in [0.05, 0.1) is 11.9 Å². The third-order valence-electron chi connectivity index (χ3n) is 4.32. The highest BCUT2D eigenvalue weighted by Crippen LogP contribution is 2.35. The van der Waals surface area contributed by atoms with E-state index in [2.05, 4.69) is 5.32 Å². The van der Waals surface area contributed by atoms with Crippen molar-refractivity contribution in [2.24, 2.45) is 0 Å². The molecule has 3 rings (SSSR count). The van der Waals surface area contributed by atoms with Gasteiger partial charge in [-0.3, -0.25) is 9.10 Å². The van der Waals surface area contributed by atoms with E-state index >= 15 is 0 Å². The van der Waals surface area contributed by atoms with Crippen LogP contribution in [0.15, 0.2) is 36.4 Å². The summed E-state index contributed by atoms with van der Waals surface area (Å²) in [6.07, 6.45) is 1.06. The Morgan fingerprint density at radius 2 is 1.82 bits per heavy atom. The Morgan fingerprint density at radius 3 is 2.46 bits per heavy atom. The summed E-state index contributed by atoms with van der Waals surface area (Å²) in [6.45, 7) is 4.14. The number of hydrogen-bond donors (Lipinski definition) is 1. The highest BCUT2D eigenvalue weighted by atomic mass is 35.5. The van der Waals surface area contributed by atoms with E-state index in [1.54, 1.807) is 43.3 Å². The second kappa shape index (κ2) is 7.89. The molecule has 28 heavy (non-hydrogen) atoms. The third-order valence-corrected chi connectivity index (χ3v) is 5.79. The van der Waals surface area contributed by atoms with E-state index in [9.17, 15) is 13.2 Å². The van der Waals surface area contributed by atoms with Crippen molar-refractivity contribution in [2.45, 2.75) is 19.9 Å². The predicted octanol–water partition coefficient (Wildman–Crippen LogP) is 3.21. The molecule has 150 valence electrons. The number of ether oxygens (including phenoxy) is 2. The average Bonchev–Trinajstić information content (AvgIpc) is 2.62. The number of rotatable bonds is 5.